The SMILES string of the molecule is O=S(=O)(Cc1ccccc1)N1CCCC1c1nnc(-c2cccnc2)o1. The third-order valence-corrected chi connectivity index (χ3v) is 6.24. The van der Waals surface area contributed by atoms with Crippen LogP contribution in [0.1, 0.15) is 30.3 Å². The lowest BCUT2D eigenvalue weighted by Gasteiger charge is -2.21. The minimum absolute atomic E-state index is 0.0338. The van der Waals surface area contributed by atoms with Gasteiger partial charge in [0.25, 0.3) is 0 Å². The van der Waals surface area contributed by atoms with Crippen LogP contribution in [0.3, 0.4) is 0 Å². The van der Waals surface area contributed by atoms with Crippen molar-refractivity contribution in [3.05, 3.63) is 66.3 Å². The predicted octanol–water partition coefficient (Wildman–Crippen LogP) is 2.80. The van der Waals surface area contributed by atoms with Crippen molar-refractivity contribution < 1.29 is 12.8 Å². The molecule has 1 fully saturated rings. The van der Waals surface area contributed by atoms with Gasteiger partial charge < -0.3 is 4.42 Å². The summed E-state index contributed by atoms with van der Waals surface area (Å²) in [6.07, 6.45) is 4.73. The van der Waals surface area contributed by atoms with Crippen molar-refractivity contribution in [3.8, 4) is 11.5 Å². The van der Waals surface area contributed by atoms with Gasteiger partial charge in [-0.25, -0.2) is 8.42 Å². The average Bonchev–Trinajstić information content (AvgIpc) is 3.32. The fourth-order valence-corrected chi connectivity index (χ4v) is 4.93. The summed E-state index contributed by atoms with van der Waals surface area (Å²) < 4.78 is 33.0. The molecule has 0 amide bonds. The Balaban J connectivity index is 1.58. The van der Waals surface area contributed by atoms with Gasteiger partial charge in [-0.3, -0.25) is 4.98 Å². The van der Waals surface area contributed by atoms with Crippen molar-refractivity contribution in [3.63, 3.8) is 0 Å². The molecule has 7 nitrogen and oxygen atoms in total. The number of sulfonamides is 1. The van der Waals surface area contributed by atoms with Gasteiger partial charge in [0.1, 0.15) is 6.04 Å². The Bertz CT molecular complexity index is 974. The minimum atomic E-state index is -3.47. The summed E-state index contributed by atoms with van der Waals surface area (Å²) >= 11 is 0. The van der Waals surface area contributed by atoms with Crippen molar-refractivity contribution in [2.24, 2.45) is 0 Å². The predicted molar refractivity (Wildman–Crippen MR) is 95.3 cm³/mol. The van der Waals surface area contributed by atoms with Crippen molar-refractivity contribution in [2.75, 3.05) is 6.54 Å². The zero-order chi connectivity index (χ0) is 18.0. The molecule has 26 heavy (non-hydrogen) atoms. The summed E-state index contributed by atoms with van der Waals surface area (Å²) in [4.78, 5) is 4.03. The van der Waals surface area contributed by atoms with Crippen molar-refractivity contribution >= 4 is 10.0 Å². The number of aromatic nitrogens is 3. The smallest absolute Gasteiger partial charge is 0.249 e. The number of hydrogen-bond acceptors (Lipinski definition) is 6. The molecule has 8 heteroatoms. The second-order valence-electron chi connectivity index (χ2n) is 6.20. The lowest BCUT2D eigenvalue weighted by Crippen LogP contribution is -2.31. The monoisotopic (exact) mass is 370 g/mol. The standard InChI is InChI=1S/C18H18N4O3S/c23-26(24,13-14-6-2-1-3-7-14)22-11-5-9-16(22)18-21-20-17(25-18)15-8-4-10-19-12-15/h1-4,6-8,10,12,16H,5,9,11,13H2. The highest BCUT2D eigenvalue weighted by molar-refractivity contribution is 7.88. The maximum atomic E-state index is 12.9. The molecule has 0 aliphatic carbocycles. The Morgan fingerprint density at radius 1 is 1.12 bits per heavy atom. The summed E-state index contributed by atoms with van der Waals surface area (Å²) in [6.45, 7) is 0.463. The minimum Gasteiger partial charge on any atom is -0.419 e. The summed E-state index contributed by atoms with van der Waals surface area (Å²) in [7, 11) is -3.47. The Hall–Kier alpha value is -2.58. The molecular formula is C18H18N4O3S. The Kier molecular flexibility index (Phi) is 4.52. The van der Waals surface area contributed by atoms with Gasteiger partial charge in [-0.2, -0.15) is 4.31 Å². The zero-order valence-electron chi connectivity index (χ0n) is 14.0. The van der Waals surface area contributed by atoms with Crippen LogP contribution < -0.4 is 0 Å². The van der Waals surface area contributed by atoms with Crippen LogP contribution in [0.2, 0.25) is 0 Å². The van der Waals surface area contributed by atoms with Gasteiger partial charge in [0.15, 0.2) is 0 Å². The Morgan fingerprint density at radius 3 is 2.73 bits per heavy atom. The first-order chi connectivity index (χ1) is 12.6. The van der Waals surface area contributed by atoms with E-state index in [2.05, 4.69) is 15.2 Å². The van der Waals surface area contributed by atoms with Gasteiger partial charge in [-0.15, -0.1) is 10.2 Å². The molecule has 1 aliphatic rings. The first-order valence-corrected chi connectivity index (χ1v) is 10.0. The molecule has 1 unspecified atom stereocenters. The summed E-state index contributed by atoms with van der Waals surface area (Å²) in [5.74, 6) is 0.645. The second-order valence-corrected chi connectivity index (χ2v) is 8.12. The normalized spacial score (nSPS) is 18.2. The van der Waals surface area contributed by atoms with Crippen LogP contribution in [0.5, 0.6) is 0 Å². The van der Waals surface area contributed by atoms with E-state index in [9.17, 15) is 8.42 Å². The van der Waals surface area contributed by atoms with E-state index < -0.39 is 16.1 Å². The van der Waals surface area contributed by atoms with Gasteiger partial charge in [0, 0.05) is 18.9 Å². The Morgan fingerprint density at radius 2 is 1.96 bits per heavy atom. The van der Waals surface area contributed by atoms with Gasteiger partial charge in [-0.1, -0.05) is 30.3 Å². The van der Waals surface area contributed by atoms with Crippen molar-refractivity contribution in [1.82, 2.24) is 19.5 Å². The highest BCUT2D eigenvalue weighted by Gasteiger charge is 2.38. The van der Waals surface area contributed by atoms with Crippen molar-refractivity contribution in [2.45, 2.75) is 24.6 Å². The molecule has 134 valence electrons. The Labute approximate surface area is 151 Å². The second kappa shape index (κ2) is 6.97. The van der Waals surface area contributed by atoms with E-state index in [0.29, 0.717) is 30.3 Å². The number of pyridine rings is 1. The molecule has 0 saturated carbocycles. The van der Waals surface area contributed by atoms with E-state index in [1.165, 1.54) is 4.31 Å². The number of nitrogens with zero attached hydrogens (tertiary/aromatic N) is 4. The fourth-order valence-electron chi connectivity index (χ4n) is 3.16. The van der Waals surface area contributed by atoms with E-state index in [1.54, 1.807) is 18.5 Å². The van der Waals surface area contributed by atoms with Crippen LogP contribution in [0.15, 0.2) is 59.3 Å². The summed E-state index contributed by atoms with van der Waals surface area (Å²) in [5.41, 5.74) is 1.47. The molecule has 0 bridgehead atoms. The average molecular weight is 370 g/mol. The van der Waals surface area contributed by atoms with Crippen LogP contribution in [0, 0.1) is 0 Å². The molecular weight excluding hydrogens is 352 g/mol. The first-order valence-electron chi connectivity index (χ1n) is 8.41. The van der Waals surface area contributed by atoms with Gasteiger partial charge in [0.05, 0.1) is 11.3 Å². The maximum absolute atomic E-state index is 12.9. The number of benzene rings is 1. The van der Waals surface area contributed by atoms with Crippen LogP contribution in [0.25, 0.3) is 11.5 Å². The van der Waals surface area contributed by atoms with Gasteiger partial charge in [-0.05, 0) is 30.5 Å². The largest absolute Gasteiger partial charge is 0.419 e. The van der Waals surface area contributed by atoms with E-state index >= 15 is 0 Å². The quantitative estimate of drug-likeness (QED) is 0.686. The highest BCUT2D eigenvalue weighted by atomic mass is 32.2. The molecule has 0 N–H and O–H groups in total. The lowest BCUT2D eigenvalue weighted by molar-refractivity contribution is 0.332. The molecule has 2 aromatic heterocycles. The molecule has 1 atom stereocenters. The van der Waals surface area contributed by atoms with E-state index in [4.69, 9.17) is 4.42 Å². The molecule has 0 spiro atoms. The van der Waals surface area contributed by atoms with Gasteiger partial charge in [0.2, 0.25) is 21.8 Å². The lowest BCUT2D eigenvalue weighted by atomic mass is 10.2. The molecule has 0 radical (unpaired) electrons. The van der Waals surface area contributed by atoms with Crippen LogP contribution in [-0.4, -0.2) is 34.4 Å². The molecule has 1 saturated heterocycles. The molecule has 4 rings (SSSR count). The third-order valence-electron chi connectivity index (χ3n) is 4.39. The maximum Gasteiger partial charge on any atom is 0.249 e. The molecule has 1 aliphatic heterocycles. The third kappa shape index (κ3) is 3.38. The van der Waals surface area contributed by atoms with Gasteiger partial charge >= 0.3 is 0 Å². The molecule has 3 heterocycles. The highest BCUT2D eigenvalue weighted by Crippen LogP contribution is 2.35. The molecule has 3 aromatic rings. The fraction of sp³-hybridized carbons (Fsp3) is 0.278. The first kappa shape index (κ1) is 16.9. The zero-order valence-corrected chi connectivity index (χ0v) is 14.8. The molecule has 1 aromatic carbocycles. The van der Waals surface area contributed by atoms with E-state index in [-0.39, 0.29) is 5.75 Å². The summed E-state index contributed by atoms with van der Waals surface area (Å²) in [5, 5.41) is 8.15. The van der Waals surface area contributed by atoms with Crippen LogP contribution in [0.4, 0.5) is 0 Å². The summed E-state index contributed by atoms with van der Waals surface area (Å²) in [6, 6.07) is 12.4. The van der Waals surface area contributed by atoms with Crippen LogP contribution in [-0.2, 0) is 15.8 Å². The van der Waals surface area contributed by atoms with Crippen LogP contribution >= 0.6 is 0 Å². The van der Waals surface area contributed by atoms with E-state index in [1.807, 2.05) is 36.4 Å². The topological polar surface area (TPSA) is 89.2 Å². The number of hydrogen-bond donors (Lipinski definition) is 0. The number of rotatable bonds is 5. The van der Waals surface area contributed by atoms with Crippen molar-refractivity contribution in [1.29, 1.82) is 0 Å². The van der Waals surface area contributed by atoms with E-state index in [0.717, 1.165) is 12.0 Å².